The minimum absolute atomic E-state index is 0.256. The van der Waals surface area contributed by atoms with Crippen molar-refractivity contribution >= 4 is 23.4 Å². The second-order valence-corrected chi connectivity index (χ2v) is 8.85. The number of amides is 1. The van der Waals surface area contributed by atoms with Crippen molar-refractivity contribution in [2.24, 2.45) is 0 Å². The molecule has 7 heteroatoms. The molecule has 0 spiro atoms. The van der Waals surface area contributed by atoms with Gasteiger partial charge in [0.25, 0.3) is 5.56 Å². The molecule has 6 nitrogen and oxygen atoms in total. The maximum Gasteiger partial charge on any atom is 0.331 e. The van der Waals surface area contributed by atoms with Gasteiger partial charge in [0, 0.05) is 29.0 Å². The first-order chi connectivity index (χ1) is 14.5. The van der Waals surface area contributed by atoms with E-state index in [9.17, 15) is 14.4 Å². The number of carbonyl (C=O) groups excluding carboxylic acids is 1. The molecule has 0 bridgehead atoms. The van der Waals surface area contributed by atoms with Crippen LogP contribution in [0, 0.1) is 0 Å². The lowest BCUT2D eigenvalue weighted by atomic mass is 10.2. The van der Waals surface area contributed by atoms with Crippen molar-refractivity contribution in [2.45, 2.75) is 36.6 Å². The lowest BCUT2D eigenvalue weighted by molar-refractivity contribution is -0.119. The van der Waals surface area contributed by atoms with Gasteiger partial charge in [0.1, 0.15) is 6.54 Å². The fourth-order valence-corrected chi connectivity index (χ4v) is 4.68. The van der Waals surface area contributed by atoms with Crippen LogP contribution in [-0.4, -0.2) is 26.8 Å². The van der Waals surface area contributed by atoms with E-state index in [1.807, 2.05) is 54.6 Å². The van der Waals surface area contributed by atoms with Crippen LogP contribution in [0.1, 0.15) is 18.9 Å². The van der Waals surface area contributed by atoms with Crippen molar-refractivity contribution < 1.29 is 4.79 Å². The number of hydrogen-bond acceptors (Lipinski definition) is 4. The van der Waals surface area contributed by atoms with E-state index in [1.165, 1.54) is 16.8 Å². The third-order valence-electron chi connectivity index (χ3n) is 5.17. The summed E-state index contributed by atoms with van der Waals surface area (Å²) < 4.78 is 2.48. The zero-order chi connectivity index (χ0) is 21.1. The summed E-state index contributed by atoms with van der Waals surface area (Å²) in [5.41, 5.74) is 0.836. The largest absolute Gasteiger partial charge is 0.331 e. The number of benzene rings is 2. The molecule has 0 radical (unpaired) electrons. The molecule has 0 N–H and O–H groups in total. The Labute approximate surface area is 178 Å². The predicted octanol–water partition coefficient (Wildman–Crippen LogP) is 2.98. The van der Waals surface area contributed by atoms with Gasteiger partial charge in [-0.15, -0.1) is 11.8 Å². The van der Waals surface area contributed by atoms with Crippen molar-refractivity contribution in [2.75, 3.05) is 11.4 Å². The van der Waals surface area contributed by atoms with E-state index in [0.29, 0.717) is 18.3 Å². The van der Waals surface area contributed by atoms with Gasteiger partial charge in [-0.3, -0.25) is 18.7 Å². The maximum atomic E-state index is 13.2. The predicted molar refractivity (Wildman–Crippen MR) is 119 cm³/mol. The molecule has 3 aromatic rings. The molecule has 1 aromatic heterocycles. The van der Waals surface area contributed by atoms with Crippen molar-refractivity contribution in [1.82, 2.24) is 9.13 Å². The average molecular weight is 422 g/mol. The Morgan fingerprint density at radius 3 is 2.57 bits per heavy atom. The fraction of sp³-hybridized carbons (Fsp3) is 0.261. The summed E-state index contributed by atoms with van der Waals surface area (Å²) in [6, 6.07) is 18.7. The Balaban J connectivity index is 1.63. The number of aromatic nitrogens is 2. The standard InChI is InChI=1S/C23H23N3O3S/c1-17-11-14-25(19-9-5-6-10-20(19)30-17)22(28)16-26-21(27)12-13-24(23(26)29)15-18-7-3-2-4-8-18/h2-10,12-13,17H,11,14-16H2,1H3. The van der Waals surface area contributed by atoms with Crippen LogP contribution in [0.4, 0.5) is 5.69 Å². The zero-order valence-electron chi connectivity index (χ0n) is 16.7. The second kappa shape index (κ2) is 8.75. The smallest absolute Gasteiger partial charge is 0.310 e. The highest BCUT2D eigenvalue weighted by Crippen LogP contribution is 2.37. The molecule has 1 unspecified atom stereocenters. The van der Waals surface area contributed by atoms with E-state index >= 15 is 0 Å². The number of fused-ring (bicyclic) bond motifs is 1. The third-order valence-corrected chi connectivity index (χ3v) is 6.41. The van der Waals surface area contributed by atoms with Crippen LogP contribution in [-0.2, 0) is 17.9 Å². The minimum Gasteiger partial charge on any atom is -0.310 e. The summed E-state index contributed by atoms with van der Waals surface area (Å²) in [6.45, 7) is 2.76. The molecule has 1 aliphatic rings. The highest BCUT2D eigenvalue weighted by Gasteiger charge is 2.25. The first kappa shape index (κ1) is 20.2. The summed E-state index contributed by atoms with van der Waals surface area (Å²) in [4.78, 5) is 41.2. The first-order valence-electron chi connectivity index (χ1n) is 9.93. The van der Waals surface area contributed by atoms with Gasteiger partial charge in [0.05, 0.1) is 12.2 Å². The molecule has 0 saturated heterocycles. The van der Waals surface area contributed by atoms with E-state index < -0.39 is 11.2 Å². The molecule has 4 rings (SSSR count). The molecular formula is C23H23N3O3S. The molecule has 1 amide bonds. The van der Waals surface area contributed by atoms with Gasteiger partial charge in [-0.1, -0.05) is 49.4 Å². The van der Waals surface area contributed by atoms with Crippen LogP contribution >= 0.6 is 11.8 Å². The van der Waals surface area contributed by atoms with Gasteiger partial charge in [-0.05, 0) is 24.1 Å². The lowest BCUT2D eigenvalue weighted by Crippen LogP contribution is -2.44. The maximum absolute atomic E-state index is 13.2. The van der Waals surface area contributed by atoms with Gasteiger partial charge < -0.3 is 4.90 Å². The molecule has 2 heterocycles. The summed E-state index contributed by atoms with van der Waals surface area (Å²) >= 11 is 1.74. The molecule has 30 heavy (non-hydrogen) atoms. The summed E-state index contributed by atoms with van der Waals surface area (Å²) in [7, 11) is 0. The number of hydrogen-bond donors (Lipinski definition) is 0. The number of nitrogens with zero attached hydrogens (tertiary/aromatic N) is 3. The summed E-state index contributed by atoms with van der Waals surface area (Å²) in [5.74, 6) is -0.256. The fourth-order valence-electron chi connectivity index (χ4n) is 3.57. The van der Waals surface area contributed by atoms with E-state index in [1.54, 1.807) is 16.7 Å². The van der Waals surface area contributed by atoms with Crippen LogP contribution in [0.25, 0.3) is 0 Å². The van der Waals surface area contributed by atoms with Crippen LogP contribution in [0.3, 0.4) is 0 Å². The Kier molecular flexibility index (Phi) is 5.90. The zero-order valence-corrected chi connectivity index (χ0v) is 17.5. The number of thioether (sulfide) groups is 1. The number of para-hydroxylation sites is 1. The van der Waals surface area contributed by atoms with E-state index in [2.05, 4.69) is 6.92 Å². The molecular weight excluding hydrogens is 398 g/mol. The van der Waals surface area contributed by atoms with Gasteiger partial charge in [-0.2, -0.15) is 0 Å². The highest BCUT2D eigenvalue weighted by molar-refractivity contribution is 8.00. The Morgan fingerprint density at radius 2 is 1.77 bits per heavy atom. The first-order valence-corrected chi connectivity index (χ1v) is 10.8. The average Bonchev–Trinajstić information content (AvgIpc) is 2.92. The van der Waals surface area contributed by atoms with Crippen LogP contribution < -0.4 is 16.1 Å². The number of anilines is 1. The molecule has 2 aromatic carbocycles. The Bertz CT molecular complexity index is 1170. The molecule has 0 fully saturated rings. The Morgan fingerprint density at radius 1 is 1.03 bits per heavy atom. The second-order valence-electron chi connectivity index (χ2n) is 7.37. The van der Waals surface area contributed by atoms with E-state index in [0.717, 1.165) is 27.1 Å². The number of carbonyl (C=O) groups is 1. The van der Waals surface area contributed by atoms with E-state index in [-0.39, 0.29) is 12.5 Å². The molecule has 1 aliphatic heterocycles. The van der Waals surface area contributed by atoms with Crippen molar-refractivity contribution in [3.05, 3.63) is 93.3 Å². The summed E-state index contributed by atoms with van der Waals surface area (Å²) in [6.07, 6.45) is 2.32. The lowest BCUT2D eigenvalue weighted by Gasteiger charge is -2.23. The quantitative estimate of drug-likeness (QED) is 0.650. The Hall–Kier alpha value is -3.06. The summed E-state index contributed by atoms with van der Waals surface area (Å²) in [5, 5.41) is 0.381. The molecule has 0 saturated carbocycles. The molecule has 0 aliphatic carbocycles. The highest BCUT2D eigenvalue weighted by atomic mass is 32.2. The van der Waals surface area contributed by atoms with Gasteiger partial charge in [0.15, 0.2) is 0 Å². The SMILES string of the molecule is CC1CCN(C(=O)Cn2c(=O)ccn(Cc3ccccc3)c2=O)c2ccccc2S1. The minimum atomic E-state index is -0.481. The van der Waals surface area contributed by atoms with Gasteiger partial charge in [-0.25, -0.2) is 4.79 Å². The van der Waals surface area contributed by atoms with Gasteiger partial charge in [0.2, 0.25) is 5.91 Å². The normalized spacial score (nSPS) is 16.0. The van der Waals surface area contributed by atoms with E-state index in [4.69, 9.17) is 0 Å². The number of rotatable bonds is 4. The topological polar surface area (TPSA) is 64.3 Å². The van der Waals surface area contributed by atoms with Crippen LogP contribution in [0.5, 0.6) is 0 Å². The van der Waals surface area contributed by atoms with Crippen molar-refractivity contribution in [3.63, 3.8) is 0 Å². The monoisotopic (exact) mass is 421 g/mol. The van der Waals surface area contributed by atoms with Crippen LogP contribution in [0.2, 0.25) is 0 Å². The third kappa shape index (κ3) is 4.26. The molecule has 1 atom stereocenters. The van der Waals surface area contributed by atoms with Crippen molar-refractivity contribution in [3.8, 4) is 0 Å². The van der Waals surface area contributed by atoms with Crippen molar-refractivity contribution in [1.29, 1.82) is 0 Å². The van der Waals surface area contributed by atoms with Gasteiger partial charge >= 0.3 is 5.69 Å². The van der Waals surface area contributed by atoms with Crippen LogP contribution in [0.15, 0.2) is 81.3 Å². The molecule has 154 valence electrons.